The van der Waals surface area contributed by atoms with Gasteiger partial charge in [0.15, 0.2) is 5.78 Å². The number of nitrogens with one attached hydrogen (secondary N) is 1. The number of rotatable bonds is 7. The Hall–Kier alpha value is -1.67. The molecular weight excluding hydrogens is 232 g/mol. The average molecular weight is 246 g/mol. The van der Waals surface area contributed by atoms with Crippen molar-refractivity contribution in [2.24, 2.45) is 5.11 Å². The summed E-state index contributed by atoms with van der Waals surface area (Å²) in [5.41, 5.74) is 8.25. The van der Waals surface area contributed by atoms with Gasteiger partial charge in [0.05, 0.1) is 12.1 Å². The van der Waals surface area contributed by atoms with E-state index in [9.17, 15) is 19.8 Å². The van der Waals surface area contributed by atoms with Crippen LogP contribution in [0.5, 0.6) is 0 Å². The van der Waals surface area contributed by atoms with Crippen molar-refractivity contribution in [2.45, 2.75) is 25.2 Å². The van der Waals surface area contributed by atoms with Gasteiger partial charge in [-0.3, -0.25) is 9.59 Å². The largest absolute Gasteiger partial charge is 0.389 e. The fraction of sp³-hybridized carbons (Fsp3) is 0.750. The number of aliphatic hydroxyl groups excluding tert-OH is 3. The van der Waals surface area contributed by atoms with Crippen molar-refractivity contribution in [3.63, 3.8) is 0 Å². The molecule has 0 aliphatic heterocycles. The first kappa shape index (κ1) is 15.3. The minimum Gasteiger partial charge on any atom is -0.389 e. The molecule has 0 spiro atoms. The van der Waals surface area contributed by atoms with Gasteiger partial charge in [0.1, 0.15) is 12.7 Å². The molecule has 9 nitrogen and oxygen atoms in total. The van der Waals surface area contributed by atoms with Crippen molar-refractivity contribution in [3.05, 3.63) is 10.4 Å². The molecule has 17 heavy (non-hydrogen) atoms. The van der Waals surface area contributed by atoms with Gasteiger partial charge in [-0.2, -0.15) is 0 Å². The van der Waals surface area contributed by atoms with Crippen LogP contribution in [0.1, 0.15) is 6.92 Å². The standard InChI is InChI=1S/C8H14N4O5/c1-4(14)10-2-5(11-12-9)7(16)8(17)6(15)3-13/h5,7-8,13,16-17H,2-3H2,1H3,(H,10,14)/t5-,7+,8+/m0/s1. The molecule has 0 bridgehead atoms. The lowest BCUT2D eigenvalue weighted by molar-refractivity contribution is -0.136. The summed E-state index contributed by atoms with van der Waals surface area (Å²) in [6.45, 7) is 0.0481. The molecule has 0 radical (unpaired) electrons. The molecule has 0 unspecified atom stereocenters. The molecule has 0 saturated carbocycles. The molecule has 0 aliphatic rings. The van der Waals surface area contributed by atoms with Gasteiger partial charge in [-0.1, -0.05) is 5.11 Å². The molecule has 1 amide bonds. The molecule has 0 rings (SSSR count). The topological polar surface area (TPSA) is 156 Å². The Morgan fingerprint density at radius 1 is 1.47 bits per heavy atom. The lowest BCUT2D eigenvalue weighted by Crippen LogP contribution is -2.46. The van der Waals surface area contributed by atoms with E-state index >= 15 is 0 Å². The van der Waals surface area contributed by atoms with Crippen LogP contribution in [-0.4, -0.2) is 58.4 Å². The Bertz CT molecular complexity index is 328. The maximum absolute atomic E-state index is 10.9. The van der Waals surface area contributed by atoms with E-state index in [1.807, 2.05) is 0 Å². The van der Waals surface area contributed by atoms with Crippen molar-refractivity contribution >= 4 is 11.7 Å². The van der Waals surface area contributed by atoms with E-state index in [-0.39, 0.29) is 6.54 Å². The van der Waals surface area contributed by atoms with E-state index in [0.717, 1.165) is 0 Å². The van der Waals surface area contributed by atoms with Crippen molar-refractivity contribution in [1.82, 2.24) is 5.32 Å². The quantitative estimate of drug-likeness (QED) is 0.234. The van der Waals surface area contributed by atoms with Crippen molar-refractivity contribution in [3.8, 4) is 0 Å². The van der Waals surface area contributed by atoms with Crippen LogP contribution in [0.2, 0.25) is 0 Å². The molecule has 3 atom stereocenters. The molecule has 0 fully saturated rings. The molecule has 0 aromatic rings. The summed E-state index contributed by atoms with van der Waals surface area (Å²) in [5, 5.41) is 32.7. The van der Waals surface area contributed by atoms with E-state index in [4.69, 9.17) is 10.6 Å². The Balaban J connectivity index is 4.63. The number of ketones is 1. The van der Waals surface area contributed by atoms with Gasteiger partial charge in [0, 0.05) is 18.4 Å². The van der Waals surface area contributed by atoms with E-state index < -0.39 is 36.5 Å². The Morgan fingerprint density at radius 2 is 2.06 bits per heavy atom. The summed E-state index contributed by atoms with van der Waals surface area (Å²) >= 11 is 0. The third kappa shape index (κ3) is 5.27. The van der Waals surface area contributed by atoms with Gasteiger partial charge in [-0.05, 0) is 5.53 Å². The van der Waals surface area contributed by atoms with Crippen molar-refractivity contribution in [2.75, 3.05) is 13.2 Å². The van der Waals surface area contributed by atoms with Crippen LogP contribution in [0.25, 0.3) is 10.4 Å². The number of carbonyl (C=O) groups excluding carboxylic acids is 2. The van der Waals surface area contributed by atoms with Gasteiger partial charge in [-0.15, -0.1) is 0 Å². The molecule has 0 saturated heterocycles. The summed E-state index contributed by atoms with van der Waals surface area (Å²) < 4.78 is 0. The maximum atomic E-state index is 10.9. The number of azide groups is 1. The third-order valence-corrected chi connectivity index (χ3v) is 1.96. The lowest BCUT2D eigenvalue weighted by Gasteiger charge is -2.22. The fourth-order valence-electron chi connectivity index (χ4n) is 1.04. The molecule has 0 aromatic carbocycles. The number of aliphatic hydroxyl groups is 3. The Morgan fingerprint density at radius 3 is 2.47 bits per heavy atom. The highest BCUT2D eigenvalue weighted by molar-refractivity contribution is 5.84. The normalized spacial score (nSPS) is 15.3. The number of hydrogen-bond donors (Lipinski definition) is 4. The minimum absolute atomic E-state index is 0.226. The fourth-order valence-corrected chi connectivity index (χ4v) is 1.04. The number of amides is 1. The Kier molecular flexibility index (Phi) is 6.83. The summed E-state index contributed by atoms with van der Waals surface area (Å²) in [4.78, 5) is 24.0. The Labute approximate surface area is 96.7 Å². The van der Waals surface area contributed by atoms with Gasteiger partial charge in [0.2, 0.25) is 5.91 Å². The van der Waals surface area contributed by atoms with Crippen LogP contribution in [0, 0.1) is 0 Å². The van der Waals surface area contributed by atoms with E-state index in [2.05, 4.69) is 15.3 Å². The molecule has 4 N–H and O–H groups in total. The monoisotopic (exact) mass is 246 g/mol. The molecule has 96 valence electrons. The SMILES string of the molecule is CC(=O)NC[C@H](N=[N+]=[N-])[C@@H](O)[C@H](O)C(=O)CO. The predicted molar refractivity (Wildman–Crippen MR) is 55.7 cm³/mol. The maximum Gasteiger partial charge on any atom is 0.216 e. The summed E-state index contributed by atoms with van der Waals surface area (Å²) in [6.07, 6.45) is -3.57. The lowest BCUT2D eigenvalue weighted by atomic mass is 10.0. The predicted octanol–water partition coefficient (Wildman–Crippen LogP) is -1.92. The number of carbonyl (C=O) groups is 2. The molecule has 0 aliphatic carbocycles. The highest BCUT2D eigenvalue weighted by Crippen LogP contribution is 2.05. The van der Waals surface area contributed by atoms with Crippen LogP contribution in [-0.2, 0) is 9.59 Å². The van der Waals surface area contributed by atoms with Crippen LogP contribution < -0.4 is 5.32 Å². The van der Waals surface area contributed by atoms with Crippen LogP contribution >= 0.6 is 0 Å². The average Bonchev–Trinajstić information content (AvgIpc) is 2.31. The number of nitrogens with zero attached hydrogens (tertiary/aromatic N) is 3. The number of Topliss-reactive ketones (excluding diaryl/α,β-unsaturated/α-hetero) is 1. The number of hydrogen-bond acceptors (Lipinski definition) is 6. The zero-order valence-electron chi connectivity index (χ0n) is 9.15. The molecular formula is C8H14N4O5. The zero-order chi connectivity index (χ0) is 13.4. The third-order valence-electron chi connectivity index (χ3n) is 1.96. The first-order valence-electron chi connectivity index (χ1n) is 4.72. The minimum atomic E-state index is -1.87. The molecule has 9 heteroatoms. The second kappa shape index (κ2) is 7.58. The smallest absolute Gasteiger partial charge is 0.216 e. The van der Waals surface area contributed by atoms with Crippen LogP contribution in [0.3, 0.4) is 0 Å². The summed E-state index contributed by atoms with van der Waals surface area (Å²) in [7, 11) is 0. The van der Waals surface area contributed by atoms with Crippen LogP contribution in [0.15, 0.2) is 5.11 Å². The van der Waals surface area contributed by atoms with Crippen molar-refractivity contribution < 1.29 is 24.9 Å². The van der Waals surface area contributed by atoms with Crippen molar-refractivity contribution in [1.29, 1.82) is 0 Å². The first-order valence-corrected chi connectivity index (χ1v) is 4.72. The van der Waals surface area contributed by atoms with E-state index in [1.54, 1.807) is 0 Å². The zero-order valence-corrected chi connectivity index (χ0v) is 9.15. The molecule has 0 aromatic heterocycles. The van der Waals surface area contributed by atoms with Gasteiger partial charge in [-0.25, -0.2) is 0 Å². The highest BCUT2D eigenvalue weighted by Gasteiger charge is 2.30. The second-order valence-corrected chi connectivity index (χ2v) is 3.27. The summed E-state index contributed by atoms with van der Waals surface area (Å²) in [5.74, 6) is -1.42. The van der Waals surface area contributed by atoms with Gasteiger partial charge < -0.3 is 20.6 Å². The second-order valence-electron chi connectivity index (χ2n) is 3.27. The highest BCUT2D eigenvalue weighted by atomic mass is 16.3. The van der Waals surface area contributed by atoms with Crippen LogP contribution in [0.4, 0.5) is 0 Å². The van der Waals surface area contributed by atoms with Gasteiger partial charge >= 0.3 is 0 Å². The van der Waals surface area contributed by atoms with Gasteiger partial charge in [0.25, 0.3) is 0 Å². The van der Waals surface area contributed by atoms with E-state index in [0.29, 0.717) is 0 Å². The molecule has 0 heterocycles. The summed E-state index contributed by atoms with van der Waals surface area (Å²) in [6, 6.07) is -1.20. The van der Waals surface area contributed by atoms with E-state index in [1.165, 1.54) is 6.92 Å². The first-order chi connectivity index (χ1) is 7.93.